The number of benzene rings is 3. The van der Waals surface area contributed by atoms with Gasteiger partial charge in [-0.25, -0.2) is 0 Å². The molecular weight excluding hydrogens is 492 g/mol. The number of carbonyl (C=O) groups is 2. The monoisotopic (exact) mass is 506 g/mol. The molecule has 0 spiro atoms. The van der Waals surface area contributed by atoms with Gasteiger partial charge in [0.1, 0.15) is 11.7 Å². The molecule has 0 aliphatic carbocycles. The van der Waals surface area contributed by atoms with Crippen molar-refractivity contribution in [3.8, 4) is 16.9 Å². The Kier molecular flexibility index (Phi) is 6.43. The molecular formula is C25H15Cl2F3O4. The number of hydrogen-bond donors (Lipinski definition) is 0. The van der Waals surface area contributed by atoms with Crippen LogP contribution in [0.2, 0.25) is 10.0 Å². The first-order valence-electron chi connectivity index (χ1n) is 9.86. The zero-order valence-electron chi connectivity index (χ0n) is 17.5. The maximum Gasteiger partial charge on any atom is 0.417 e. The van der Waals surface area contributed by atoms with Crippen LogP contribution in [0.15, 0.2) is 66.4 Å². The third kappa shape index (κ3) is 4.67. The SMILES string of the molecule is COc1cc(C=C2OC(=O)C(c3cc(Cl)cc(Cl)c3)C2=O)ccc1-c1ccccc1C(F)(F)F. The van der Waals surface area contributed by atoms with Gasteiger partial charge in [0.05, 0.1) is 12.7 Å². The molecule has 0 N–H and O–H groups in total. The molecule has 174 valence electrons. The van der Waals surface area contributed by atoms with E-state index in [1.807, 2.05) is 0 Å². The number of alkyl halides is 3. The van der Waals surface area contributed by atoms with Gasteiger partial charge >= 0.3 is 12.1 Å². The second-order valence-electron chi connectivity index (χ2n) is 7.43. The molecule has 1 fully saturated rings. The fourth-order valence-corrected chi connectivity index (χ4v) is 4.28. The van der Waals surface area contributed by atoms with Gasteiger partial charge in [-0.3, -0.25) is 9.59 Å². The quantitative estimate of drug-likeness (QED) is 0.218. The summed E-state index contributed by atoms with van der Waals surface area (Å²) >= 11 is 12.0. The molecule has 1 atom stereocenters. The zero-order valence-corrected chi connectivity index (χ0v) is 19.0. The highest BCUT2D eigenvalue weighted by Gasteiger charge is 2.41. The largest absolute Gasteiger partial charge is 0.496 e. The number of Topliss-reactive ketones (excluding diaryl/α,β-unsaturated/α-hetero) is 1. The van der Waals surface area contributed by atoms with Gasteiger partial charge in [-0.2, -0.15) is 13.2 Å². The van der Waals surface area contributed by atoms with Crippen LogP contribution in [0, 0.1) is 0 Å². The van der Waals surface area contributed by atoms with Crippen molar-refractivity contribution in [2.75, 3.05) is 7.11 Å². The molecule has 1 aliphatic rings. The van der Waals surface area contributed by atoms with Crippen LogP contribution in [0.3, 0.4) is 0 Å². The standard InChI is InChI=1S/C25H15Cl2F3O4/c1-33-20-8-13(6-7-18(20)17-4-2-3-5-19(17)25(28,29)30)9-21-23(31)22(24(32)34-21)14-10-15(26)12-16(27)11-14/h2-12,22H,1H3. The van der Waals surface area contributed by atoms with E-state index in [2.05, 4.69) is 0 Å². The molecule has 0 amide bonds. The van der Waals surface area contributed by atoms with Crippen molar-refractivity contribution in [3.05, 3.63) is 93.2 Å². The van der Waals surface area contributed by atoms with Crippen molar-refractivity contribution in [2.24, 2.45) is 0 Å². The Morgan fingerprint density at radius 1 is 0.941 bits per heavy atom. The molecule has 9 heteroatoms. The molecule has 3 aromatic carbocycles. The topological polar surface area (TPSA) is 52.6 Å². The molecule has 0 aromatic heterocycles. The number of ether oxygens (including phenoxy) is 2. The highest BCUT2D eigenvalue weighted by molar-refractivity contribution is 6.35. The van der Waals surface area contributed by atoms with E-state index in [-0.39, 0.29) is 32.7 Å². The lowest BCUT2D eigenvalue weighted by Gasteiger charge is -2.15. The lowest BCUT2D eigenvalue weighted by molar-refractivity contribution is -0.138. The van der Waals surface area contributed by atoms with Crippen LogP contribution in [0.4, 0.5) is 13.2 Å². The zero-order chi connectivity index (χ0) is 24.6. The van der Waals surface area contributed by atoms with Crippen LogP contribution in [-0.2, 0) is 20.5 Å². The van der Waals surface area contributed by atoms with Crippen molar-refractivity contribution < 1.29 is 32.2 Å². The summed E-state index contributed by atoms with van der Waals surface area (Å²) in [6.07, 6.45) is -3.22. The van der Waals surface area contributed by atoms with E-state index in [4.69, 9.17) is 32.7 Å². The molecule has 0 saturated carbocycles. The predicted molar refractivity (Wildman–Crippen MR) is 122 cm³/mol. The fraction of sp³-hybridized carbons (Fsp3) is 0.120. The van der Waals surface area contributed by atoms with E-state index in [0.29, 0.717) is 11.1 Å². The molecule has 1 unspecified atom stereocenters. The Balaban J connectivity index is 1.70. The lowest BCUT2D eigenvalue weighted by atomic mass is 9.95. The first-order chi connectivity index (χ1) is 16.1. The van der Waals surface area contributed by atoms with Gasteiger partial charge in [-0.05, 0) is 53.1 Å². The number of halogens is 5. The minimum absolute atomic E-state index is 0.0488. The molecule has 3 aromatic rings. The average Bonchev–Trinajstić information content (AvgIpc) is 3.05. The Morgan fingerprint density at radius 3 is 2.26 bits per heavy atom. The van der Waals surface area contributed by atoms with E-state index in [0.717, 1.165) is 6.07 Å². The first kappa shape index (κ1) is 23.9. The molecule has 34 heavy (non-hydrogen) atoms. The van der Waals surface area contributed by atoms with Crippen LogP contribution in [0.25, 0.3) is 17.2 Å². The Morgan fingerprint density at radius 2 is 1.62 bits per heavy atom. The first-order valence-corrected chi connectivity index (χ1v) is 10.6. The number of cyclic esters (lactones) is 1. The van der Waals surface area contributed by atoms with Gasteiger partial charge in [0.15, 0.2) is 5.76 Å². The van der Waals surface area contributed by atoms with E-state index in [9.17, 15) is 22.8 Å². The summed E-state index contributed by atoms with van der Waals surface area (Å²) in [5.74, 6) is -2.65. The Hall–Kier alpha value is -3.29. The summed E-state index contributed by atoms with van der Waals surface area (Å²) in [5, 5.41) is 0.528. The summed E-state index contributed by atoms with van der Waals surface area (Å²) < 4.78 is 50.9. The average molecular weight is 507 g/mol. The minimum atomic E-state index is -4.55. The van der Waals surface area contributed by atoms with Crippen molar-refractivity contribution in [1.29, 1.82) is 0 Å². The number of esters is 1. The highest BCUT2D eigenvalue weighted by Crippen LogP contribution is 2.41. The Bertz CT molecular complexity index is 1310. The number of rotatable bonds is 4. The minimum Gasteiger partial charge on any atom is -0.496 e. The molecule has 4 rings (SSSR count). The van der Waals surface area contributed by atoms with Crippen LogP contribution >= 0.6 is 23.2 Å². The second-order valence-corrected chi connectivity index (χ2v) is 8.31. The Labute approximate surface area is 202 Å². The van der Waals surface area contributed by atoms with Gasteiger partial charge in [-0.1, -0.05) is 53.5 Å². The lowest BCUT2D eigenvalue weighted by Crippen LogP contribution is -2.12. The number of ketones is 1. The van der Waals surface area contributed by atoms with Crippen molar-refractivity contribution >= 4 is 41.0 Å². The number of allylic oxidation sites excluding steroid dienone is 1. The molecule has 1 saturated heterocycles. The van der Waals surface area contributed by atoms with Crippen molar-refractivity contribution in [3.63, 3.8) is 0 Å². The highest BCUT2D eigenvalue weighted by atomic mass is 35.5. The third-order valence-corrected chi connectivity index (χ3v) is 5.65. The second kappa shape index (κ2) is 9.16. The molecule has 1 aliphatic heterocycles. The summed E-state index contributed by atoms with van der Waals surface area (Å²) in [5.41, 5.74) is 0.0621. The third-order valence-electron chi connectivity index (χ3n) is 5.22. The summed E-state index contributed by atoms with van der Waals surface area (Å²) in [6, 6.07) is 13.9. The number of methoxy groups -OCH3 is 1. The predicted octanol–water partition coefficient (Wildman–Crippen LogP) is 6.94. The summed E-state index contributed by atoms with van der Waals surface area (Å²) in [4.78, 5) is 25.3. The maximum atomic E-state index is 13.5. The molecule has 4 nitrogen and oxygen atoms in total. The number of hydrogen-bond acceptors (Lipinski definition) is 4. The number of carbonyl (C=O) groups excluding carboxylic acids is 2. The van der Waals surface area contributed by atoms with Gasteiger partial charge in [0.25, 0.3) is 0 Å². The van der Waals surface area contributed by atoms with E-state index in [1.54, 1.807) is 0 Å². The van der Waals surface area contributed by atoms with E-state index in [1.165, 1.54) is 67.8 Å². The van der Waals surface area contributed by atoms with Crippen LogP contribution in [-0.4, -0.2) is 18.9 Å². The summed E-state index contributed by atoms with van der Waals surface area (Å²) in [6.45, 7) is 0. The van der Waals surface area contributed by atoms with Gasteiger partial charge in [-0.15, -0.1) is 0 Å². The van der Waals surface area contributed by atoms with Gasteiger partial charge < -0.3 is 9.47 Å². The summed E-state index contributed by atoms with van der Waals surface area (Å²) in [7, 11) is 1.33. The van der Waals surface area contributed by atoms with Crippen LogP contribution < -0.4 is 4.74 Å². The van der Waals surface area contributed by atoms with E-state index < -0.39 is 29.4 Å². The smallest absolute Gasteiger partial charge is 0.417 e. The fourth-order valence-electron chi connectivity index (χ4n) is 3.73. The normalized spacial score (nSPS) is 17.2. The maximum absolute atomic E-state index is 13.5. The van der Waals surface area contributed by atoms with E-state index >= 15 is 0 Å². The van der Waals surface area contributed by atoms with Gasteiger partial charge in [0.2, 0.25) is 5.78 Å². The molecule has 0 bridgehead atoms. The van der Waals surface area contributed by atoms with Gasteiger partial charge in [0, 0.05) is 15.6 Å². The molecule has 1 heterocycles. The molecule has 0 radical (unpaired) electrons. The van der Waals surface area contributed by atoms with Crippen LogP contribution in [0.1, 0.15) is 22.6 Å². The van der Waals surface area contributed by atoms with Crippen molar-refractivity contribution in [1.82, 2.24) is 0 Å². The van der Waals surface area contributed by atoms with Crippen LogP contribution in [0.5, 0.6) is 5.75 Å². The van der Waals surface area contributed by atoms with Crippen molar-refractivity contribution in [2.45, 2.75) is 12.1 Å².